The van der Waals surface area contributed by atoms with Gasteiger partial charge in [-0.3, -0.25) is 0 Å². The van der Waals surface area contributed by atoms with Gasteiger partial charge in [-0.25, -0.2) is 13.2 Å². The molecule has 0 aliphatic heterocycles. The van der Waals surface area contributed by atoms with Crippen LogP contribution in [0.2, 0.25) is 0 Å². The average Bonchev–Trinajstić information content (AvgIpc) is 2.07. The molecule has 0 saturated carbocycles. The number of hydrogen-bond donors (Lipinski definition) is 0. The van der Waals surface area contributed by atoms with Crippen LogP contribution in [0.15, 0.2) is 18.2 Å². The van der Waals surface area contributed by atoms with Crippen LogP contribution < -0.4 is 0 Å². The molecule has 0 saturated heterocycles. The van der Waals surface area contributed by atoms with E-state index in [9.17, 15) is 13.2 Å². The van der Waals surface area contributed by atoms with Gasteiger partial charge in [-0.1, -0.05) is 26.0 Å². The summed E-state index contributed by atoms with van der Waals surface area (Å²) in [5.74, 6) is -0.833. The second-order valence-electron chi connectivity index (χ2n) is 2.33. The second kappa shape index (κ2) is 5.62. The lowest BCUT2D eigenvalue weighted by atomic mass is 10.1. The van der Waals surface area contributed by atoms with E-state index in [2.05, 4.69) is 0 Å². The summed E-state index contributed by atoms with van der Waals surface area (Å²) in [6.45, 7) is 5.65. The van der Waals surface area contributed by atoms with Crippen molar-refractivity contribution < 1.29 is 13.2 Å². The van der Waals surface area contributed by atoms with Crippen molar-refractivity contribution in [2.45, 2.75) is 27.2 Å². The maximum atomic E-state index is 12.6. The standard InChI is InChI=1S/C8H7F3.C2H6/c1-5-2-3-6(8(10)11)7(9)4-5;1-2/h2-4,8H,1H3;1-2H3. The lowest BCUT2D eigenvalue weighted by Crippen LogP contribution is -1.90. The zero-order valence-electron chi connectivity index (χ0n) is 7.94. The minimum absolute atomic E-state index is 0.532. The quantitative estimate of drug-likeness (QED) is 0.625. The van der Waals surface area contributed by atoms with Crippen LogP contribution in [0, 0.1) is 12.7 Å². The van der Waals surface area contributed by atoms with Gasteiger partial charge in [0.1, 0.15) is 5.82 Å². The van der Waals surface area contributed by atoms with Gasteiger partial charge in [-0.2, -0.15) is 0 Å². The van der Waals surface area contributed by atoms with Crippen molar-refractivity contribution >= 4 is 0 Å². The van der Waals surface area contributed by atoms with E-state index < -0.39 is 17.8 Å². The van der Waals surface area contributed by atoms with Gasteiger partial charge in [0.2, 0.25) is 0 Å². The molecule has 0 aromatic heterocycles. The molecule has 1 aromatic carbocycles. The first-order valence-electron chi connectivity index (χ1n) is 4.15. The van der Waals surface area contributed by atoms with E-state index in [1.165, 1.54) is 6.07 Å². The fraction of sp³-hybridized carbons (Fsp3) is 0.400. The molecular formula is C10H13F3. The zero-order chi connectivity index (χ0) is 10.4. The molecule has 0 bridgehead atoms. The maximum absolute atomic E-state index is 12.6. The van der Waals surface area contributed by atoms with E-state index in [1.54, 1.807) is 6.92 Å². The largest absolute Gasteiger partial charge is 0.266 e. The number of aryl methyl sites for hydroxylation is 1. The molecule has 0 N–H and O–H groups in total. The zero-order valence-corrected chi connectivity index (χ0v) is 7.94. The van der Waals surface area contributed by atoms with Crippen LogP contribution in [0.25, 0.3) is 0 Å². The Morgan fingerprint density at radius 2 is 1.69 bits per heavy atom. The van der Waals surface area contributed by atoms with Crippen molar-refractivity contribution in [3.63, 3.8) is 0 Å². The van der Waals surface area contributed by atoms with Gasteiger partial charge in [0, 0.05) is 0 Å². The Hall–Kier alpha value is -0.990. The van der Waals surface area contributed by atoms with Gasteiger partial charge in [0.15, 0.2) is 0 Å². The molecule has 0 aliphatic carbocycles. The van der Waals surface area contributed by atoms with Crippen LogP contribution in [-0.4, -0.2) is 0 Å². The summed E-state index contributed by atoms with van der Waals surface area (Å²) in [7, 11) is 0. The van der Waals surface area contributed by atoms with Gasteiger partial charge in [0.25, 0.3) is 6.43 Å². The van der Waals surface area contributed by atoms with E-state index >= 15 is 0 Å². The number of benzene rings is 1. The predicted molar refractivity (Wildman–Crippen MR) is 47.4 cm³/mol. The predicted octanol–water partition coefficient (Wildman–Crippen LogP) is 4.10. The van der Waals surface area contributed by atoms with Crippen LogP contribution in [0.4, 0.5) is 13.2 Å². The molecule has 0 atom stereocenters. The molecule has 0 radical (unpaired) electrons. The Morgan fingerprint density at radius 3 is 2.08 bits per heavy atom. The fourth-order valence-electron chi connectivity index (χ4n) is 0.809. The Labute approximate surface area is 76.4 Å². The molecule has 0 aliphatic rings. The monoisotopic (exact) mass is 190 g/mol. The van der Waals surface area contributed by atoms with E-state index in [1.807, 2.05) is 13.8 Å². The highest BCUT2D eigenvalue weighted by Gasteiger charge is 2.11. The van der Waals surface area contributed by atoms with Gasteiger partial charge in [-0.05, 0) is 18.6 Å². The average molecular weight is 190 g/mol. The van der Waals surface area contributed by atoms with Crippen LogP contribution in [-0.2, 0) is 0 Å². The SMILES string of the molecule is CC.Cc1ccc(C(F)F)c(F)c1. The number of hydrogen-bond acceptors (Lipinski definition) is 0. The highest BCUT2D eigenvalue weighted by molar-refractivity contribution is 5.23. The first-order valence-corrected chi connectivity index (χ1v) is 4.15. The van der Waals surface area contributed by atoms with Crippen molar-refractivity contribution in [1.82, 2.24) is 0 Å². The minimum atomic E-state index is -2.73. The number of rotatable bonds is 1. The van der Waals surface area contributed by atoms with Gasteiger partial charge >= 0.3 is 0 Å². The van der Waals surface area contributed by atoms with Gasteiger partial charge in [0.05, 0.1) is 5.56 Å². The molecule has 3 heteroatoms. The second-order valence-corrected chi connectivity index (χ2v) is 2.33. The Bertz CT molecular complexity index is 256. The summed E-state index contributed by atoms with van der Waals surface area (Å²) >= 11 is 0. The van der Waals surface area contributed by atoms with Crippen molar-refractivity contribution in [2.24, 2.45) is 0 Å². The smallest absolute Gasteiger partial charge is 0.206 e. The summed E-state index contributed by atoms with van der Waals surface area (Å²) < 4.78 is 36.5. The fourth-order valence-corrected chi connectivity index (χ4v) is 0.809. The van der Waals surface area contributed by atoms with E-state index in [4.69, 9.17) is 0 Å². The summed E-state index contributed by atoms with van der Waals surface area (Å²) in [6, 6.07) is 3.67. The minimum Gasteiger partial charge on any atom is -0.206 e. The first-order chi connectivity index (χ1) is 6.11. The molecule has 1 aromatic rings. The molecule has 0 spiro atoms. The molecule has 0 amide bonds. The normalized spacial score (nSPS) is 9.46. The lowest BCUT2D eigenvalue weighted by Gasteiger charge is -2.01. The number of halogens is 3. The third-order valence-electron chi connectivity index (χ3n) is 1.39. The Morgan fingerprint density at radius 1 is 1.15 bits per heavy atom. The highest BCUT2D eigenvalue weighted by Crippen LogP contribution is 2.22. The van der Waals surface area contributed by atoms with E-state index in [0.717, 1.165) is 12.1 Å². The van der Waals surface area contributed by atoms with Crippen molar-refractivity contribution in [3.8, 4) is 0 Å². The van der Waals surface area contributed by atoms with Crippen LogP contribution in [0.5, 0.6) is 0 Å². The number of alkyl halides is 2. The summed E-state index contributed by atoms with van der Waals surface area (Å²) in [5, 5.41) is 0. The summed E-state index contributed by atoms with van der Waals surface area (Å²) in [4.78, 5) is 0. The molecule has 1 rings (SSSR count). The van der Waals surface area contributed by atoms with E-state index in [-0.39, 0.29) is 0 Å². The van der Waals surface area contributed by atoms with Gasteiger partial charge < -0.3 is 0 Å². The highest BCUT2D eigenvalue weighted by atomic mass is 19.3. The molecule has 0 unspecified atom stereocenters. The Kier molecular flexibility index (Phi) is 5.19. The Balaban J connectivity index is 0.000000671. The summed E-state index contributed by atoms with van der Waals surface area (Å²) in [6.07, 6.45) is -2.73. The van der Waals surface area contributed by atoms with Crippen LogP contribution in [0.1, 0.15) is 31.4 Å². The molecule has 74 valence electrons. The first kappa shape index (κ1) is 12.0. The molecule has 0 heterocycles. The molecule has 13 heavy (non-hydrogen) atoms. The van der Waals surface area contributed by atoms with Gasteiger partial charge in [-0.15, -0.1) is 0 Å². The molecular weight excluding hydrogens is 177 g/mol. The van der Waals surface area contributed by atoms with Crippen LogP contribution >= 0.6 is 0 Å². The van der Waals surface area contributed by atoms with E-state index in [0.29, 0.717) is 5.56 Å². The van der Waals surface area contributed by atoms with Crippen molar-refractivity contribution in [3.05, 3.63) is 35.1 Å². The third kappa shape index (κ3) is 3.49. The molecule has 0 nitrogen and oxygen atoms in total. The lowest BCUT2D eigenvalue weighted by molar-refractivity contribution is 0.146. The van der Waals surface area contributed by atoms with Crippen LogP contribution in [0.3, 0.4) is 0 Å². The topological polar surface area (TPSA) is 0 Å². The van der Waals surface area contributed by atoms with Crippen molar-refractivity contribution in [2.75, 3.05) is 0 Å². The summed E-state index contributed by atoms with van der Waals surface area (Å²) in [5.41, 5.74) is 0.113. The maximum Gasteiger partial charge on any atom is 0.266 e. The van der Waals surface area contributed by atoms with Crippen molar-refractivity contribution in [1.29, 1.82) is 0 Å². The third-order valence-corrected chi connectivity index (χ3v) is 1.39. The molecule has 0 fully saturated rings.